The molecule has 29 heavy (non-hydrogen) atoms. The Kier molecular flexibility index (Phi) is 5.28. The first-order valence-corrected chi connectivity index (χ1v) is 9.14. The van der Waals surface area contributed by atoms with Crippen LogP contribution in [0.15, 0.2) is 53.3 Å². The minimum Gasteiger partial charge on any atom is -0.368 e. The Morgan fingerprint density at radius 3 is 2.34 bits per heavy atom. The third kappa shape index (κ3) is 4.06. The molecule has 3 aromatic rings. The number of nitrogens with two attached hydrogens (primary N) is 1. The lowest BCUT2D eigenvalue weighted by atomic mass is 9.86. The molecule has 3 N–H and O–H groups in total. The van der Waals surface area contributed by atoms with Crippen molar-refractivity contribution in [2.24, 2.45) is 11.1 Å². The second kappa shape index (κ2) is 7.54. The summed E-state index contributed by atoms with van der Waals surface area (Å²) in [5, 5.41) is 2.57. The lowest BCUT2D eigenvalue weighted by molar-refractivity contribution is -0.122. The summed E-state index contributed by atoms with van der Waals surface area (Å²) in [6.07, 6.45) is 0. The summed E-state index contributed by atoms with van der Waals surface area (Å²) in [6.45, 7) is 5.38. The van der Waals surface area contributed by atoms with E-state index in [1.165, 1.54) is 16.7 Å². The molecule has 0 aliphatic heterocycles. The molecule has 0 saturated carbocycles. The number of amides is 2. The molecular weight excluding hydrogens is 375 g/mol. The summed E-state index contributed by atoms with van der Waals surface area (Å²) < 4.78 is 15.9. The van der Waals surface area contributed by atoms with Gasteiger partial charge in [0, 0.05) is 0 Å². The molecule has 152 valence electrons. The van der Waals surface area contributed by atoms with Crippen molar-refractivity contribution < 1.29 is 14.0 Å². The number of imidazole rings is 1. The Balaban J connectivity index is 2.07. The van der Waals surface area contributed by atoms with Crippen LogP contribution in [0.1, 0.15) is 26.3 Å². The predicted octanol–water partition coefficient (Wildman–Crippen LogP) is 2.45. The standard InChI is InChI=1S/C21H23FN4O3/c1-21(2,3)17(18(23)27)24-19(28)26-16-10-5-4-9-15(16)25(20(26)29)12-13-7-6-8-14(22)11-13/h4-11,17H,12H2,1-3H3,(H2,23,27)(H,24,28)/t17-/m1/s1. The van der Waals surface area contributed by atoms with Gasteiger partial charge in [0.25, 0.3) is 0 Å². The van der Waals surface area contributed by atoms with Gasteiger partial charge in [-0.2, -0.15) is 0 Å². The zero-order valence-electron chi connectivity index (χ0n) is 16.5. The van der Waals surface area contributed by atoms with Crippen molar-refractivity contribution in [2.75, 3.05) is 0 Å². The average Bonchev–Trinajstić information content (AvgIpc) is 2.90. The van der Waals surface area contributed by atoms with Gasteiger partial charge < -0.3 is 11.1 Å². The number of nitrogens with one attached hydrogen (secondary N) is 1. The molecule has 1 atom stereocenters. The van der Waals surface area contributed by atoms with Crippen molar-refractivity contribution >= 4 is 23.0 Å². The van der Waals surface area contributed by atoms with Gasteiger partial charge in [0.2, 0.25) is 5.91 Å². The van der Waals surface area contributed by atoms with E-state index in [0.717, 1.165) is 4.57 Å². The Hall–Kier alpha value is -3.42. The van der Waals surface area contributed by atoms with Crippen LogP contribution in [0.3, 0.4) is 0 Å². The first-order chi connectivity index (χ1) is 13.6. The highest BCUT2D eigenvalue weighted by molar-refractivity contribution is 5.92. The smallest absolute Gasteiger partial charge is 0.337 e. The monoisotopic (exact) mass is 398 g/mol. The topological polar surface area (TPSA) is 99.1 Å². The number of benzene rings is 2. The molecule has 0 fully saturated rings. The van der Waals surface area contributed by atoms with E-state index in [2.05, 4.69) is 5.32 Å². The van der Waals surface area contributed by atoms with E-state index in [9.17, 15) is 18.8 Å². The minimum atomic E-state index is -0.966. The minimum absolute atomic E-state index is 0.0932. The summed E-state index contributed by atoms with van der Waals surface area (Å²) in [7, 11) is 0. The van der Waals surface area contributed by atoms with Gasteiger partial charge in [0.15, 0.2) is 0 Å². The van der Waals surface area contributed by atoms with E-state index < -0.39 is 34.9 Å². The number of aromatic nitrogens is 2. The normalized spacial score (nSPS) is 12.7. The van der Waals surface area contributed by atoms with E-state index in [4.69, 9.17) is 5.73 Å². The zero-order chi connectivity index (χ0) is 21.3. The number of nitrogens with zero attached hydrogens (tertiary/aromatic N) is 2. The number of rotatable bonds is 4. The van der Waals surface area contributed by atoms with Gasteiger partial charge in [-0.3, -0.25) is 9.36 Å². The van der Waals surface area contributed by atoms with Crippen LogP contribution in [-0.2, 0) is 11.3 Å². The highest BCUT2D eigenvalue weighted by Gasteiger charge is 2.32. The molecule has 0 aliphatic carbocycles. The summed E-state index contributed by atoms with van der Waals surface area (Å²) in [4.78, 5) is 37.8. The zero-order valence-corrected chi connectivity index (χ0v) is 16.5. The molecule has 7 nitrogen and oxygen atoms in total. The molecule has 2 amide bonds. The van der Waals surface area contributed by atoms with Gasteiger partial charge in [-0.05, 0) is 35.2 Å². The number of carbonyl (C=O) groups excluding carboxylic acids is 2. The van der Waals surface area contributed by atoms with Crippen LogP contribution in [0.5, 0.6) is 0 Å². The summed E-state index contributed by atoms with van der Waals surface area (Å²) in [6, 6.07) is 11.0. The van der Waals surface area contributed by atoms with Crippen molar-refractivity contribution in [3.8, 4) is 0 Å². The van der Waals surface area contributed by atoms with Crippen LogP contribution in [0, 0.1) is 11.2 Å². The fourth-order valence-corrected chi connectivity index (χ4v) is 3.28. The Labute approximate surface area is 166 Å². The van der Waals surface area contributed by atoms with Crippen molar-refractivity contribution in [3.05, 3.63) is 70.4 Å². The maximum absolute atomic E-state index is 13.5. The van der Waals surface area contributed by atoms with Crippen molar-refractivity contribution in [1.29, 1.82) is 0 Å². The lowest BCUT2D eigenvalue weighted by Gasteiger charge is -2.28. The summed E-state index contributed by atoms with van der Waals surface area (Å²) in [5.74, 6) is -1.10. The van der Waals surface area contributed by atoms with Crippen LogP contribution in [0.25, 0.3) is 11.0 Å². The lowest BCUT2D eigenvalue weighted by Crippen LogP contribution is -2.54. The predicted molar refractivity (Wildman–Crippen MR) is 108 cm³/mol. The molecule has 3 rings (SSSR count). The number of hydrogen-bond acceptors (Lipinski definition) is 3. The first kappa shape index (κ1) is 20.3. The van der Waals surface area contributed by atoms with Crippen LogP contribution in [0.2, 0.25) is 0 Å². The molecule has 0 bridgehead atoms. The number of carbonyl (C=O) groups is 2. The van der Waals surface area contributed by atoms with Gasteiger partial charge in [-0.15, -0.1) is 0 Å². The molecule has 0 aliphatic rings. The quantitative estimate of drug-likeness (QED) is 0.706. The first-order valence-electron chi connectivity index (χ1n) is 9.14. The molecule has 0 spiro atoms. The van der Waals surface area contributed by atoms with Crippen molar-refractivity contribution in [2.45, 2.75) is 33.4 Å². The third-order valence-corrected chi connectivity index (χ3v) is 4.69. The van der Waals surface area contributed by atoms with Crippen LogP contribution < -0.4 is 16.7 Å². The second-order valence-corrected chi connectivity index (χ2v) is 7.97. The Morgan fingerprint density at radius 1 is 1.10 bits per heavy atom. The van der Waals surface area contributed by atoms with Crippen LogP contribution in [-0.4, -0.2) is 27.1 Å². The Morgan fingerprint density at radius 2 is 1.76 bits per heavy atom. The van der Waals surface area contributed by atoms with Crippen LogP contribution in [0.4, 0.5) is 9.18 Å². The van der Waals surface area contributed by atoms with Crippen LogP contribution >= 0.6 is 0 Å². The number of primary amides is 1. The van der Waals surface area contributed by atoms with Gasteiger partial charge >= 0.3 is 11.7 Å². The largest absolute Gasteiger partial charge is 0.368 e. The number of para-hydroxylation sites is 2. The summed E-state index contributed by atoms with van der Waals surface area (Å²) >= 11 is 0. The highest BCUT2D eigenvalue weighted by atomic mass is 19.1. The van der Waals surface area contributed by atoms with E-state index in [0.29, 0.717) is 16.6 Å². The van der Waals surface area contributed by atoms with Gasteiger partial charge in [0.05, 0.1) is 17.6 Å². The molecule has 0 unspecified atom stereocenters. The molecule has 0 saturated heterocycles. The SMILES string of the molecule is CC(C)(C)[C@H](NC(=O)n1c(=O)n(Cc2cccc(F)c2)c2ccccc21)C(N)=O. The number of hydrogen-bond donors (Lipinski definition) is 2. The molecule has 8 heteroatoms. The van der Waals surface area contributed by atoms with Gasteiger partial charge in [-0.25, -0.2) is 18.5 Å². The number of halogens is 1. The highest BCUT2D eigenvalue weighted by Crippen LogP contribution is 2.20. The van der Waals surface area contributed by atoms with Gasteiger partial charge in [0.1, 0.15) is 11.9 Å². The van der Waals surface area contributed by atoms with Crippen molar-refractivity contribution in [1.82, 2.24) is 14.5 Å². The fraction of sp³-hybridized carbons (Fsp3) is 0.286. The molecule has 2 aromatic carbocycles. The van der Waals surface area contributed by atoms with Crippen molar-refractivity contribution in [3.63, 3.8) is 0 Å². The van der Waals surface area contributed by atoms with Gasteiger partial charge in [-0.1, -0.05) is 45.0 Å². The maximum Gasteiger partial charge on any atom is 0.337 e. The molecule has 1 heterocycles. The molecule has 0 radical (unpaired) electrons. The Bertz CT molecular complexity index is 1140. The maximum atomic E-state index is 13.5. The van der Waals surface area contributed by atoms with E-state index in [1.807, 2.05) is 0 Å². The third-order valence-electron chi connectivity index (χ3n) is 4.69. The van der Waals surface area contributed by atoms with E-state index in [1.54, 1.807) is 57.2 Å². The molecule has 1 aromatic heterocycles. The number of fused-ring (bicyclic) bond motifs is 1. The summed E-state index contributed by atoms with van der Waals surface area (Å²) in [5.41, 5.74) is 5.69. The van der Waals surface area contributed by atoms with E-state index >= 15 is 0 Å². The van der Waals surface area contributed by atoms with E-state index in [-0.39, 0.29) is 6.54 Å². The molecular formula is C21H23FN4O3. The second-order valence-electron chi connectivity index (χ2n) is 7.97. The fourth-order valence-electron chi connectivity index (χ4n) is 3.28. The average molecular weight is 398 g/mol.